The molecule has 4 atom stereocenters. The van der Waals surface area contributed by atoms with Gasteiger partial charge in [0.2, 0.25) is 0 Å². The summed E-state index contributed by atoms with van der Waals surface area (Å²) in [7, 11) is 0. The molecule has 2 saturated heterocycles. The maximum Gasteiger partial charge on any atom is 0.310 e. The number of piperidine rings is 2. The smallest absolute Gasteiger partial charge is 0.310 e. The molecule has 4 aliphatic rings. The quantitative estimate of drug-likeness (QED) is 0.589. The van der Waals surface area contributed by atoms with Crippen LogP contribution in [0.1, 0.15) is 18.4 Å². The van der Waals surface area contributed by atoms with Crippen LogP contribution in [0.25, 0.3) is 0 Å². The molecule has 4 fully saturated rings. The lowest BCUT2D eigenvalue weighted by Gasteiger charge is -2.27. The van der Waals surface area contributed by atoms with Gasteiger partial charge >= 0.3 is 5.69 Å². The van der Waals surface area contributed by atoms with Crippen LogP contribution in [0.2, 0.25) is 0 Å². The molecule has 2 saturated carbocycles. The average Bonchev–Trinajstić information content (AvgIpc) is 3.47. The molecule has 0 spiro atoms. The van der Waals surface area contributed by atoms with E-state index in [9.17, 15) is 25.6 Å². The molecule has 8 heteroatoms. The first kappa shape index (κ1) is 16.8. The lowest BCUT2D eigenvalue weighted by atomic mass is 10.1. The molecule has 0 aromatic heterocycles. The Morgan fingerprint density at radius 1 is 1.15 bits per heavy atom. The van der Waals surface area contributed by atoms with Gasteiger partial charge in [0.15, 0.2) is 0 Å². The third kappa shape index (κ3) is 2.28. The minimum atomic E-state index is -0.468. The molecule has 2 heterocycles. The first-order valence-electron chi connectivity index (χ1n) is 9.39. The molecule has 1 aromatic rings. The lowest BCUT2D eigenvalue weighted by Crippen LogP contribution is -2.29. The number of nitriles is 1. The van der Waals surface area contributed by atoms with E-state index >= 15 is 0 Å². The van der Waals surface area contributed by atoms with Crippen LogP contribution in [-0.2, 0) is 0 Å². The summed E-state index contributed by atoms with van der Waals surface area (Å²) < 4.78 is 0. The van der Waals surface area contributed by atoms with Crippen molar-refractivity contribution < 1.29 is 15.1 Å². The van der Waals surface area contributed by atoms with Crippen molar-refractivity contribution in [3.63, 3.8) is 0 Å². The zero-order valence-electron chi connectivity index (χ0n) is 15.0. The van der Waals surface area contributed by atoms with Crippen molar-refractivity contribution in [1.29, 1.82) is 5.26 Å². The Labute approximate surface area is 156 Å². The average molecular weight is 370 g/mol. The zero-order valence-corrected chi connectivity index (χ0v) is 15.0. The number of rotatable bonds is 5. The Kier molecular flexibility index (Phi) is 3.31. The van der Waals surface area contributed by atoms with E-state index in [1.807, 2.05) is 17.0 Å². The summed E-state index contributed by atoms with van der Waals surface area (Å²) in [5.41, 5.74) is 1.05. The van der Waals surface area contributed by atoms with Crippen molar-refractivity contribution in [1.82, 2.24) is 0 Å². The van der Waals surface area contributed by atoms with Gasteiger partial charge in [0.25, 0.3) is 0 Å². The predicted molar refractivity (Wildman–Crippen MR) is 97.5 cm³/mol. The molecule has 2 aliphatic heterocycles. The maximum atomic E-state index is 11.7. The summed E-state index contributed by atoms with van der Waals surface area (Å²) in [5, 5.41) is 40.6. The molecule has 2 N–H and O–H groups in total. The van der Waals surface area contributed by atoms with E-state index in [0.717, 1.165) is 31.6 Å². The minimum Gasteiger partial charge on any atom is -0.396 e. The van der Waals surface area contributed by atoms with E-state index in [1.54, 1.807) is 6.07 Å². The molecular weight excluding hydrogens is 348 g/mol. The molecule has 0 bridgehead atoms. The molecule has 27 heavy (non-hydrogen) atoms. The fourth-order valence-electron chi connectivity index (χ4n) is 5.36. The third-order valence-electron chi connectivity index (χ3n) is 7.32. The summed E-state index contributed by atoms with van der Waals surface area (Å²) in [6, 6.07) is 5.43. The van der Waals surface area contributed by atoms with E-state index in [4.69, 9.17) is 0 Å². The van der Waals surface area contributed by atoms with Crippen LogP contribution in [0, 0.1) is 44.1 Å². The van der Waals surface area contributed by atoms with E-state index in [1.165, 1.54) is 0 Å². The highest BCUT2D eigenvalue weighted by atomic mass is 16.6. The van der Waals surface area contributed by atoms with Crippen molar-refractivity contribution in [2.24, 2.45) is 22.7 Å². The van der Waals surface area contributed by atoms with Crippen molar-refractivity contribution in [3.8, 4) is 6.07 Å². The van der Waals surface area contributed by atoms with E-state index in [-0.39, 0.29) is 35.3 Å². The van der Waals surface area contributed by atoms with E-state index < -0.39 is 4.92 Å². The minimum absolute atomic E-state index is 0.0367. The number of fused-ring (bicyclic) bond motifs is 2. The van der Waals surface area contributed by atoms with E-state index in [0.29, 0.717) is 30.6 Å². The fourth-order valence-corrected chi connectivity index (χ4v) is 5.36. The van der Waals surface area contributed by atoms with Crippen LogP contribution < -0.4 is 9.80 Å². The molecule has 142 valence electrons. The molecule has 1 aromatic carbocycles. The number of benzene rings is 1. The molecule has 0 amide bonds. The summed E-state index contributed by atoms with van der Waals surface area (Å²) >= 11 is 0. The highest BCUT2D eigenvalue weighted by molar-refractivity contribution is 5.77. The van der Waals surface area contributed by atoms with Gasteiger partial charge in [-0.25, -0.2) is 0 Å². The largest absolute Gasteiger partial charge is 0.396 e. The van der Waals surface area contributed by atoms with Crippen molar-refractivity contribution in [2.75, 3.05) is 49.2 Å². The van der Waals surface area contributed by atoms with Crippen LogP contribution in [0.3, 0.4) is 0 Å². The number of aliphatic hydroxyl groups is 2. The Morgan fingerprint density at radius 2 is 1.74 bits per heavy atom. The number of nitro groups is 1. The Hall–Kier alpha value is -2.37. The molecule has 0 radical (unpaired) electrons. The fraction of sp³-hybridized carbons (Fsp3) is 0.632. The Morgan fingerprint density at radius 3 is 2.26 bits per heavy atom. The molecule has 4 unspecified atom stereocenters. The van der Waals surface area contributed by atoms with Crippen LogP contribution >= 0.6 is 0 Å². The lowest BCUT2D eigenvalue weighted by molar-refractivity contribution is -0.384. The van der Waals surface area contributed by atoms with Crippen LogP contribution in [0.5, 0.6) is 0 Å². The van der Waals surface area contributed by atoms with Gasteiger partial charge in [0.05, 0.1) is 18.1 Å². The topological polar surface area (TPSA) is 114 Å². The number of aliphatic hydroxyl groups excluding tert-OH is 2. The van der Waals surface area contributed by atoms with Gasteiger partial charge in [0.1, 0.15) is 17.3 Å². The van der Waals surface area contributed by atoms with Gasteiger partial charge in [-0.15, -0.1) is 0 Å². The Balaban J connectivity index is 1.53. The van der Waals surface area contributed by atoms with Gasteiger partial charge < -0.3 is 20.0 Å². The van der Waals surface area contributed by atoms with Crippen molar-refractivity contribution in [3.05, 3.63) is 27.8 Å². The van der Waals surface area contributed by atoms with Crippen LogP contribution in [0.4, 0.5) is 17.1 Å². The number of anilines is 2. The van der Waals surface area contributed by atoms with Crippen LogP contribution in [-0.4, -0.2) is 54.5 Å². The van der Waals surface area contributed by atoms with Gasteiger partial charge in [-0.1, -0.05) is 0 Å². The number of nitro benzene ring substituents is 1. The highest BCUT2D eigenvalue weighted by Crippen LogP contribution is 2.60. The molecule has 8 nitrogen and oxygen atoms in total. The maximum absolute atomic E-state index is 11.7. The van der Waals surface area contributed by atoms with Crippen molar-refractivity contribution in [2.45, 2.75) is 12.8 Å². The van der Waals surface area contributed by atoms with Crippen LogP contribution in [0.15, 0.2) is 12.1 Å². The second-order valence-electron chi connectivity index (χ2n) is 8.83. The summed E-state index contributed by atoms with van der Waals surface area (Å²) in [5.74, 6) is 0.831. The summed E-state index contributed by atoms with van der Waals surface area (Å²) in [6.45, 7) is 3.06. The summed E-state index contributed by atoms with van der Waals surface area (Å²) in [4.78, 5) is 15.4. The zero-order chi connectivity index (χ0) is 19.0. The van der Waals surface area contributed by atoms with Crippen molar-refractivity contribution >= 4 is 17.1 Å². The normalized spacial score (nSPS) is 35.6. The number of hydrogen-bond acceptors (Lipinski definition) is 7. The highest BCUT2D eigenvalue weighted by Gasteiger charge is 2.61. The van der Waals surface area contributed by atoms with Gasteiger partial charge in [-0.3, -0.25) is 10.1 Å². The number of nitrogens with zero attached hydrogens (tertiary/aromatic N) is 4. The second-order valence-corrected chi connectivity index (χ2v) is 8.83. The monoisotopic (exact) mass is 370 g/mol. The molecule has 2 aliphatic carbocycles. The standard InChI is InChI=1S/C19H22N4O4/c20-5-12-1-15(21-6-13-3-18(13,8-21)10-24)2-16(17(12)23(26)27)22-7-14-4-19(14,9-22)11-25/h1-2,13-14,24-25H,3-4,6-11H2. The van der Waals surface area contributed by atoms with Gasteiger partial charge in [-0.2, -0.15) is 5.26 Å². The first-order chi connectivity index (χ1) is 12.9. The van der Waals surface area contributed by atoms with Gasteiger partial charge in [-0.05, 0) is 36.8 Å². The molecule has 5 rings (SSSR count). The molecular formula is C19H22N4O4. The third-order valence-corrected chi connectivity index (χ3v) is 7.32. The SMILES string of the molecule is N#Cc1cc(N2CC3CC3(CO)C2)cc(N2CC3CC3(CO)C2)c1[N+](=O)[O-]. The first-order valence-corrected chi connectivity index (χ1v) is 9.39. The predicted octanol–water partition coefficient (Wildman–Crippen LogP) is 1.10. The summed E-state index contributed by atoms with van der Waals surface area (Å²) in [6.07, 6.45) is 1.99. The van der Waals surface area contributed by atoms with Gasteiger partial charge in [0, 0.05) is 42.7 Å². The number of hydrogen-bond donors (Lipinski definition) is 2. The van der Waals surface area contributed by atoms with E-state index in [2.05, 4.69) is 4.90 Å². The second kappa shape index (κ2) is 5.33. The Bertz CT molecular complexity index is 875.